The minimum Gasteiger partial charge on any atom is -0.508 e. The maximum atomic E-state index is 10.3. The summed E-state index contributed by atoms with van der Waals surface area (Å²) in [5.41, 5.74) is 1.42. The van der Waals surface area contributed by atoms with Crippen LogP contribution in [0.25, 0.3) is 28.3 Å². The van der Waals surface area contributed by atoms with Gasteiger partial charge in [0, 0.05) is 5.56 Å². The molecule has 0 saturated heterocycles. The fourth-order valence-corrected chi connectivity index (χ4v) is 2.71. The van der Waals surface area contributed by atoms with Crippen LogP contribution in [0.5, 0.6) is 5.75 Å². The summed E-state index contributed by atoms with van der Waals surface area (Å²) in [6, 6.07) is 15.1. The average Bonchev–Trinajstić information content (AvgIpc) is 2.76. The van der Waals surface area contributed by atoms with E-state index in [1.54, 1.807) is 18.2 Å². The fraction of sp³-hybridized carbons (Fsp3) is 0. The smallest absolute Gasteiger partial charge is 0.167 e. The van der Waals surface area contributed by atoms with Crippen LogP contribution < -0.4 is 0 Å². The van der Waals surface area contributed by atoms with Crippen LogP contribution in [-0.2, 0) is 0 Å². The predicted octanol–water partition coefficient (Wildman–Crippen LogP) is 4.30. The molecule has 0 aliphatic rings. The van der Waals surface area contributed by atoms with Gasteiger partial charge in [-0.05, 0) is 36.4 Å². The van der Waals surface area contributed by atoms with E-state index in [0.29, 0.717) is 16.7 Å². The van der Waals surface area contributed by atoms with Crippen molar-refractivity contribution in [3.05, 3.63) is 90.5 Å². The lowest BCUT2D eigenvalue weighted by Crippen LogP contribution is -2.05. The van der Waals surface area contributed by atoms with Crippen molar-refractivity contribution in [2.45, 2.75) is 0 Å². The Morgan fingerprint density at radius 2 is 1.67 bits per heavy atom. The summed E-state index contributed by atoms with van der Waals surface area (Å²) >= 11 is 0. The van der Waals surface area contributed by atoms with Crippen LogP contribution in [0.1, 0.15) is 17.0 Å². The molecule has 2 N–H and O–H groups in total. The van der Waals surface area contributed by atoms with Crippen LogP contribution >= 0.6 is 0 Å². The zero-order valence-electron chi connectivity index (χ0n) is 15.7. The minimum atomic E-state index is -0.290. The first-order valence-corrected chi connectivity index (χ1v) is 8.69. The van der Waals surface area contributed by atoms with Gasteiger partial charge in [0.25, 0.3) is 0 Å². The molecule has 1 heterocycles. The topological polar surface area (TPSA) is 127 Å². The quantitative estimate of drug-likeness (QED) is 0.489. The van der Waals surface area contributed by atoms with Crippen molar-refractivity contribution >= 4 is 5.57 Å². The standard InChI is InChI=1S/C23H15N5O2/c1-3-6-17(14(2)29)21-26-22(18-7-4-5-8-20(18)30)28-23(27-21)19-11-15(12-24)9-10-16(19)13-25/h3-11,29-30H,1-2H2/b17-6+. The number of hydrogen-bond acceptors (Lipinski definition) is 7. The zero-order chi connectivity index (χ0) is 21.7. The van der Waals surface area contributed by atoms with Gasteiger partial charge in [0.15, 0.2) is 17.5 Å². The Hall–Kier alpha value is -4.75. The van der Waals surface area contributed by atoms with Crippen LogP contribution in [0.3, 0.4) is 0 Å². The summed E-state index contributed by atoms with van der Waals surface area (Å²) < 4.78 is 0. The van der Waals surface area contributed by atoms with Gasteiger partial charge < -0.3 is 10.2 Å². The van der Waals surface area contributed by atoms with Crippen molar-refractivity contribution in [1.29, 1.82) is 10.5 Å². The van der Waals surface area contributed by atoms with E-state index in [1.807, 2.05) is 6.07 Å². The van der Waals surface area contributed by atoms with Crippen molar-refractivity contribution in [3.63, 3.8) is 0 Å². The number of aliphatic hydroxyl groups is 1. The molecule has 144 valence electrons. The molecule has 0 radical (unpaired) electrons. The molecule has 1 aromatic heterocycles. The molecule has 0 saturated carbocycles. The molecule has 30 heavy (non-hydrogen) atoms. The first-order chi connectivity index (χ1) is 14.5. The molecule has 0 atom stereocenters. The minimum absolute atomic E-state index is 0.0519. The second kappa shape index (κ2) is 8.51. The Labute approximate surface area is 172 Å². The van der Waals surface area contributed by atoms with Gasteiger partial charge in [0.05, 0.1) is 34.4 Å². The molecule has 3 rings (SSSR count). The molecule has 7 heteroatoms. The highest BCUT2D eigenvalue weighted by atomic mass is 16.3. The van der Waals surface area contributed by atoms with Crippen LogP contribution in [-0.4, -0.2) is 25.2 Å². The molecule has 0 spiro atoms. The Morgan fingerprint density at radius 1 is 0.967 bits per heavy atom. The molecule has 0 fully saturated rings. The number of aromatic hydroxyl groups is 1. The normalized spacial score (nSPS) is 10.7. The van der Waals surface area contributed by atoms with E-state index in [-0.39, 0.29) is 40.1 Å². The van der Waals surface area contributed by atoms with Crippen LogP contribution in [0.4, 0.5) is 0 Å². The maximum Gasteiger partial charge on any atom is 0.167 e. The molecule has 0 bridgehead atoms. The molecule has 0 unspecified atom stereocenters. The lowest BCUT2D eigenvalue weighted by Gasteiger charge is -2.11. The molecular formula is C23H15N5O2. The molecule has 7 nitrogen and oxygen atoms in total. The number of allylic oxidation sites excluding steroid dienone is 3. The van der Waals surface area contributed by atoms with Crippen molar-refractivity contribution < 1.29 is 10.2 Å². The molecule has 2 aromatic carbocycles. The highest BCUT2D eigenvalue weighted by Gasteiger charge is 2.18. The van der Waals surface area contributed by atoms with Gasteiger partial charge in [-0.25, -0.2) is 15.0 Å². The highest BCUT2D eigenvalue weighted by molar-refractivity contribution is 5.77. The zero-order valence-corrected chi connectivity index (χ0v) is 15.7. The Kier molecular flexibility index (Phi) is 5.67. The Bertz CT molecular complexity index is 1280. The van der Waals surface area contributed by atoms with Crippen molar-refractivity contribution in [3.8, 4) is 40.7 Å². The van der Waals surface area contributed by atoms with Gasteiger partial charge in [-0.1, -0.05) is 31.4 Å². The number of rotatable bonds is 5. The largest absolute Gasteiger partial charge is 0.508 e. The lowest BCUT2D eigenvalue weighted by atomic mass is 10.0. The Morgan fingerprint density at radius 3 is 2.27 bits per heavy atom. The fourth-order valence-electron chi connectivity index (χ4n) is 2.71. The third kappa shape index (κ3) is 3.91. The Balaban J connectivity index is 2.37. The summed E-state index contributed by atoms with van der Waals surface area (Å²) in [6.07, 6.45) is 2.92. The molecular weight excluding hydrogens is 378 g/mol. The van der Waals surface area contributed by atoms with E-state index >= 15 is 0 Å². The summed E-state index contributed by atoms with van der Waals surface area (Å²) in [4.78, 5) is 13.2. The summed E-state index contributed by atoms with van der Waals surface area (Å²) in [5, 5.41) is 39.0. The number of nitriles is 2. The van der Waals surface area contributed by atoms with Gasteiger partial charge in [0.2, 0.25) is 0 Å². The van der Waals surface area contributed by atoms with Crippen LogP contribution in [0.2, 0.25) is 0 Å². The van der Waals surface area contributed by atoms with E-state index in [9.17, 15) is 20.7 Å². The predicted molar refractivity (Wildman–Crippen MR) is 112 cm³/mol. The van der Waals surface area contributed by atoms with Gasteiger partial charge >= 0.3 is 0 Å². The van der Waals surface area contributed by atoms with E-state index < -0.39 is 0 Å². The van der Waals surface area contributed by atoms with Crippen LogP contribution in [0, 0.1) is 22.7 Å². The summed E-state index contributed by atoms with van der Waals surface area (Å²) in [7, 11) is 0. The highest BCUT2D eigenvalue weighted by Crippen LogP contribution is 2.30. The summed E-state index contributed by atoms with van der Waals surface area (Å²) in [5.74, 6) is -0.0545. The van der Waals surface area contributed by atoms with E-state index in [0.717, 1.165) is 0 Å². The van der Waals surface area contributed by atoms with Gasteiger partial charge in [0.1, 0.15) is 11.5 Å². The number of phenolic OH excluding ortho intramolecular Hbond substituents is 1. The second-order valence-corrected chi connectivity index (χ2v) is 6.07. The number of phenols is 1. The first kappa shape index (κ1) is 20.0. The number of hydrogen-bond donors (Lipinski definition) is 2. The molecule has 0 amide bonds. The second-order valence-electron chi connectivity index (χ2n) is 6.07. The monoisotopic (exact) mass is 393 g/mol. The SMILES string of the molecule is C=C/C=C(\C(=C)O)c1nc(-c2ccccc2O)nc(-c2cc(C#N)ccc2C#N)n1. The number of aromatic nitrogens is 3. The van der Waals surface area contributed by atoms with Gasteiger partial charge in [-0.2, -0.15) is 10.5 Å². The summed E-state index contributed by atoms with van der Waals surface area (Å²) in [6.45, 7) is 7.14. The third-order valence-electron chi connectivity index (χ3n) is 4.13. The van der Waals surface area contributed by atoms with Gasteiger partial charge in [-0.15, -0.1) is 0 Å². The number of aliphatic hydroxyl groups excluding tert-OH is 1. The van der Waals surface area contributed by atoms with E-state index in [2.05, 4.69) is 34.2 Å². The molecule has 3 aromatic rings. The first-order valence-electron chi connectivity index (χ1n) is 8.69. The van der Waals surface area contributed by atoms with Crippen molar-refractivity contribution in [2.24, 2.45) is 0 Å². The van der Waals surface area contributed by atoms with Crippen molar-refractivity contribution in [2.75, 3.05) is 0 Å². The maximum absolute atomic E-state index is 10.3. The van der Waals surface area contributed by atoms with Gasteiger partial charge in [-0.3, -0.25) is 0 Å². The molecule has 0 aliphatic carbocycles. The number of para-hydroxylation sites is 1. The lowest BCUT2D eigenvalue weighted by molar-refractivity contribution is 0.440. The average molecular weight is 393 g/mol. The van der Waals surface area contributed by atoms with Crippen LogP contribution in [0.15, 0.2) is 73.5 Å². The number of benzene rings is 2. The number of nitrogens with zero attached hydrogens (tertiary/aromatic N) is 5. The molecule has 0 aliphatic heterocycles. The van der Waals surface area contributed by atoms with E-state index in [1.165, 1.54) is 36.4 Å². The third-order valence-corrected chi connectivity index (χ3v) is 4.13. The van der Waals surface area contributed by atoms with Crippen molar-refractivity contribution in [1.82, 2.24) is 15.0 Å². The van der Waals surface area contributed by atoms with E-state index in [4.69, 9.17) is 0 Å².